The Morgan fingerprint density at radius 1 is 1.28 bits per heavy atom. The van der Waals surface area contributed by atoms with Crippen LogP contribution in [0, 0.1) is 6.92 Å². The first-order chi connectivity index (χ1) is 17.2. The van der Waals surface area contributed by atoms with Gasteiger partial charge in [0.15, 0.2) is 0 Å². The van der Waals surface area contributed by atoms with Crippen LogP contribution in [0.25, 0.3) is 11.6 Å². The standard InChI is InChI=1S/C25H32N4O6S/c1-4-35-25(31)23-16(2)27-22(18(23)6-5-9-29-10-12-34-13-11-29)15-20-19-14-17(36(32,33)26-3)7-8-21(19)28-24(20)30/h7-8,14-15,26-27H,4-6,9-13H2,1-3H3,(H,28,30). The van der Waals surface area contributed by atoms with Crippen molar-refractivity contribution in [2.75, 3.05) is 51.8 Å². The van der Waals surface area contributed by atoms with Gasteiger partial charge in [0.25, 0.3) is 5.91 Å². The van der Waals surface area contributed by atoms with Crippen molar-refractivity contribution in [1.29, 1.82) is 0 Å². The van der Waals surface area contributed by atoms with Gasteiger partial charge in [0, 0.05) is 35.7 Å². The number of rotatable bonds is 9. The number of morpholine rings is 1. The van der Waals surface area contributed by atoms with Gasteiger partial charge in [0.05, 0.1) is 35.9 Å². The van der Waals surface area contributed by atoms with Gasteiger partial charge in [0.2, 0.25) is 10.0 Å². The van der Waals surface area contributed by atoms with Crippen LogP contribution in [-0.4, -0.2) is 76.7 Å². The molecule has 2 aliphatic rings. The molecule has 3 heterocycles. The van der Waals surface area contributed by atoms with Gasteiger partial charge in [-0.15, -0.1) is 0 Å². The van der Waals surface area contributed by atoms with Gasteiger partial charge in [-0.2, -0.15) is 0 Å². The van der Waals surface area contributed by atoms with E-state index >= 15 is 0 Å². The van der Waals surface area contributed by atoms with E-state index in [1.165, 1.54) is 19.2 Å². The molecule has 0 atom stereocenters. The summed E-state index contributed by atoms with van der Waals surface area (Å²) in [5, 5.41) is 2.79. The van der Waals surface area contributed by atoms with Gasteiger partial charge >= 0.3 is 5.97 Å². The fraction of sp³-hybridized carbons (Fsp3) is 0.440. The number of ether oxygens (including phenoxy) is 2. The fourth-order valence-corrected chi connectivity index (χ4v) is 5.36. The first-order valence-electron chi connectivity index (χ1n) is 12.0. The molecule has 194 valence electrons. The Balaban J connectivity index is 1.71. The molecular weight excluding hydrogens is 484 g/mol. The number of benzene rings is 1. The quantitative estimate of drug-likeness (QED) is 0.344. The molecule has 0 aliphatic carbocycles. The van der Waals surface area contributed by atoms with E-state index in [0.717, 1.165) is 31.6 Å². The third-order valence-corrected chi connectivity index (χ3v) is 7.86. The highest BCUT2D eigenvalue weighted by Gasteiger charge is 2.28. The van der Waals surface area contributed by atoms with E-state index in [1.807, 2.05) is 0 Å². The second-order valence-electron chi connectivity index (χ2n) is 8.72. The van der Waals surface area contributed by atoms with Crippen molar-refractivity contribution in [2.45, 2.75) is 31.6 Å². The van der Waals surface area contributed by atoms with Gasteiger partial charge < -0.3 is 19.8 Å². The summed E-state index contributed by atoms with van der Waals surface area (Å²) in [7, 11) is -2.35. The van der Waals surface area contributed by atoms with Crippen LogP contribution < -0.4 is 10.0 Å². The summed E-state index contributed by atoms with van der Waals surface area (Å²) in [6.45, 7) is 7.87. The van der Waals surface area contributed by atoms with E-state index in [-0.39, 0.29) is 17.4 Å². The third kappa shape index (κ3) is 5.39. The Labute approximate surface area is 211 Å². The van der Waals surface area contributed by atoms with Crippen molar-refractivity contribution in [3.63, 3.8) is 0 Å². The van der Waals surface area contributed by atoms with Crippen molar-refractivity contribution >= 4 is 39.2 Å². The number of amides is 1. The van der Waals surface area contributed by atoms with E-state index in [1.54, 1.807) is 26.0 Å². The Kier molecular flexibility index (Phi) is 7.94. The predicted octanol–water partition coefficient (Wildman–Crippen LogP) is 2.17. The number of carbonyl (C=O) groups is 2. The number of carbonyl (C=O) groups excluding carboxylic acids is 2. The van der Waals surface area contributed by atoms with E-state index in [4.69, 9.17) is 9.47 Å². The lowest BCUT2D eigenvalue weighted by Crippen LogP contribution is -2.37. The van der Waals surface area contributed by atoms with Crippen LogP contribution in [-0.2, 0) is 30.7 Å². The molecule has 1 fully saturated rings. The monoisotopic (exact) mass is 516 g/mol. The summed E-state index contributed by atoms with van der Waals surface area (Å²) in [6, 6.07) is 4.50. The number of aromatic nitrogens is 1. The SMILES string of the molecule is CCOC(=O)c1c(C)[nH]c(C=C2C(=O)Nc3ccc(S(=O)(=O)NC)cc32)c1CCCN1CCOCC1. The number of anilines is 1. The second kappa shape index (κ2) is 11.0. The number of nitrogens with one attached hydrogen (secondary N) is 3. The van der Waals surface area contributed by atoms with Crippen molar-refractivity contribution < 1.29 is 27.5 Å². The number of hydrogen-bond acceptors (Lipinski definition) is 7. The van der Waals surface area contributed by atoms with Gasteiger partial charge in [0.1, 0.15) is 0 Å². The number of nitrogens with zero attached hydrogens (tertiary/aromatic N) is 1. The Hall–Kier alpha value is -2.99. The van der Waals surface area contributed by atoms with Crippen molar-refractivity contribution in [3.8, 4) is 0 Å². The smallest absolute Gasteiger partial charge is 0.340 e. The van der Waals surface area contributed by atoms with Gasteiger partial charge in [-0.25, -0.2) is 17.9 Å². The molecule has 10 nitrogen and oxygen atoms in total. The zero-order valence-electron chi connectivity index (χ0n) is 20.8. The maximum absolute atomic E-state index is 12.9. The van der Waals surface area contributed by atoms with Crippen molar-refractivity contribution in [3.05, 3.63) is 46.3 Å². The van der Waals surface area contributed by atoms with Crippen LogP contribution in [0.5, 0.6) is 0 Å². The minimum atomic E-state index is -3.68. The van der Waals surface area contributed by atoms with E-state index in [2.05, 4.69) is 19.9 Å². The molecule has 0 unspecified atom stereocenters. The van der Waals surface area contributed by atoms with Crippen LogP contribution in [0.2, 0.25) is 0 Å². The molecule has 11 heteroatoms. The third-order valence-electron chi connectivity index (χ3n) is 6.45. The van der Waals surface area contributed by atoms with Crippen LogP contribution in [0.15, 0.2) is 23.1 Å². The van der Waals surface area contributed by atoms with Crippen LogP contribution in [0.1, 0.15) is 46.2 Å². The Morgan fingerprint density at radius 3 is 2.72 bits per heavy atom. The number of aromatic amines is 1. The lowest BCUT2D eigenvalue weighted by Gasteiger charge is -2.26. The zero-order valence-corrected chi connectivity index (χ0v) is 21.6. The molecule has 36 heavy (non-hydrogen) atoms. The molecule has 0 saturated carbocycles. The van der Waals surface area contributed by atoms with Crippen LogP contribution in [0.3, 0.4) is 0 Å². The van der Waals surface area contributed by atoms with Gasteiger partial charge in [-0.3, -0.25) is 9.69 Å². The summed E-state index contributed by atoms with van der Waals surface area (Å²) in [6.07, 6.45) is 3.11. The fourth-order valence-electron chi connectivity index (χ4n) is 4.61. The Morgan fingerprint density at radius 2 is 2.03 bits per heavy atom. The number of hydrogen-bond donors (Lipinski definition) is 3. The molecule has 2 aromatic rings. The minimum Gasteiger partial charge on any atom is -0.462 e. The predicted molar refractivity (Wildman–Crippen MR) is 136 cm³/mol. The van der Waals surface area contributed by atoms with Gasteiger partial charge in [-0.1, -0.05) is 0 Å². The summed E-state index contributed by atoms with van der Waals surface area (Å²) in [4.78, 5) is 31.3. The molecule has 1 aromatic heterocycles. The highest BCUT2D eigenvalue weighted by atomic mass is 32.2. The molecule has 1 aromatic carbocycles. The Bertz CT molecular complexity index is 1290. The number of aryl methyl sites for hydroxylation is 1. The molecule has 1 amide bonds. The van der Waals surface area contributed by atoms with Crippen LogP contribution in [0.4, 0.5) is 5.69 Å². The molecule has 0 radical (unpaired) electrons. The molecule has 2 aliphatic heterocycles. The van der Waals surface area contributed by atoms with E-state index < -0.39 is 16.0 Å². The molecular formula is C25H32N4O6S. The summed E-state index contributed by atoms with van der Waals surface area (Å²) in [5.41, 5.74) is 3.90. The molecule has 0 bridgehead atoms. The average molecular weight is 517 g/mol. The average Bonchev–Trinajstić information content (AvgIpc) is 3.35. The van der Waals surface area contributed by atoms with Gasteiger partial charge in [-0.05, 0) is 70.1 Å². The number of esters is 1. The summed E-state index contributed by atoms with van der Waals surface area (Å²) >= 11 is 0. The summed E-state index contributed by atoms with van der Waals surface area (Å²) < 4.78 is 37.7. The number of fused-ring (bicyclic) bond motifs is 1. The highest BCUT2D eigenvalue weighted by Crippen LogP contribution is 2.36. The zero-order chi connectivity index (χ0) is 25.9. The van der Waals surface area contributed by atoms with Crippen molar-refractivity contribution in [1.82, 2.24) is 14.6 Å². The maximum Gasteiger partial charge on any atom is 0.340 e. The second-order valence-corrected chi connectivity index (χ2v) is 10.6. The minimum absolute atomic E-state index is 0.0618. The highest BCUT2D eigenvalue weighted by molar-refractivity contribution is 7.89. The first kappa shape index (κ1) is 26.1. The molecule has 4 rings (SSSR count). The topological polar surface area (TPSA) is 130 Å². The maximum atomic E-state index is 12.9. The largest absolute Gasteiger partial charge is 0.462 e. The van der Waals surface area contributed by atoms with Crippen LogP contribution >= 0.6 is 0 Å². The lowest BCUT2D eigenvalue weighted by molar-refractivity contribution is -0.110. The number of H-pyrrole nitrogens is 1. The number of sulfonamides is 1. The molecule has 1 saturated heterocycles. The van der Waals surface area contributed by atoms with Crippen molar-refractivity contribution in [2.24, 2.45) is 0 Å². The molecule has 3 N–H and O–H groups in total. The van der Waals surface area contributed by atoms with E-state index in [9.17, 15) is 18.0 Å². The normalized spacial score (nSPS) is 17.3. The molecule has 0 spiro atoms. The van der Waals surface area contributed by atoms with E-state index in [0.29, 0.717) is 53.4 Å². The lowest BCUT2D eigenvalue weighted by atomic mass is 10.00. The first-order valence-corrected chi connectivity index (χ1v) is 13.5. The summed E-state index contributed by atoms with van der Waals surface area (Å²) in [5.74, 6) is -0.746.